The molecule has 0 atom stereocenters. The Morgan fingerprint density at radius 3 is 2.50 bits per heavy atom. The number of aryl methyl sites for hydroxylation is 1. The number of hydrogen-bond donors (Lipinski definition) is 2. The molecule has 0 aliphatic carbocycles. The van der Waals surface area contributed by atoms with E-state index in [4.69, 9.17) is 16.3 Å². The molecule has 0 aliphatic heterocycles. The lowest BCUT2D eigenvalue weighted by Gasteiger charge is -2.10. The lowest BCUT2D eigenvalue weighted by Crippen LogP contribution is -2.32. The second-order valence-electron chi connectivity index (χ2n) is 6.77. The maximum Gasteiger partial charge on any atom is 0.329 e. The zero-order valence-electron chi connectivity index (χ0n) is 17.3. The van der Waals surface area contributed by atoms with Crippen molar-refractivity contribution in [3.63, 3.8) is 0 Å². The van der Waals surface area contributed by atoms with Crippen molar-refractivity contribution < 1.29 is 14.3 Å². The minimum absolute atomic E-state index is 0.331. The number of carbonyl (C=O) groups excluding carboxylic acids is 2. The van der Waals surface area contributed by atoms with Gasteiger partial charge < -0.3 is 10.1 Å². The van der Waals surface area contributed by atoms with Crippen LogP contribution in [0.1, 0.15) is 23.6 Å². The van der Waals surface area contributed by atoms with Crippen LogP contribution in [0.15, 0.2) is 76.3 Å². The summed E-state index contributed by atoms with van der Waals surface area (Å²) in [5.41, 5.74) is 5.49. The van der Waals surface area contributed by atoms with Gasteiger partial charge in [-0.1, -0.05) is 48.9 Å². The second-order valence-corrected chi connectivity index (χ2v) is 8.04. The number of hydrazone groups is 1. The Labute approximate surface area is 199 Å². The molecule has 0 aliphatic rings. The van der Waals surface area contributed by atoms with Crippen LogP contribution in [0, 0.1) is 0 Å². The first-order valence-electron chi connectivity index (χ1n) is 9.85. The third-order valence-corrected chi connectivity index (χ3v) is 5.49. The average molecular weight is 515 g/mol. The van der Waals surface area contributed by atoms with Gasteiger partial charge in [0, 0.05) is 16.3 Å². The highest BCUT2D eigenvalue weighted by Crippen LogP contribution is 2.27. The molecule has 6 nitrogen and oxygen atoms in total. The summed E-state index contributed by atoms with van der Waals surface area (Å²) in [5.74, 6) is -1.02. The summed E-state index contributed by atoms with van der Waals surface area (Å²) in [6.45, 7) is 2.37. The van der Waals surface area contributed by atoms with E-state index in [9.17, 15) is 9.59 Å². The van der Waals surface area contributed by atoms with Gasteiger partial charge in [-0.05, 0) is 69.9 Å². The summed E-state index contributed by atoms with van der Waals surface area (Å²) >= 11 is 9.61. The van der Waals surface area contributed by atoms with Crippen molar-refractivity contribution in [3.05, 3.63) is 92.9 Å². The Morgan fingerprint density at radius 2 is 1.81 bits per heavy atom. The first kappa shape index (κ1) is 23.5. The number of benzene rings is 3. The fourth-order valence-electron chi connectivity index (χ4n) is 2.71. The monoisotopic (exact) mass is 513 g/mol. The molecule has 0 spiro atoms. The van der Waals surface area contributed by atoms with E-state index in [0.717, 1.165) is 17.5 Å². The Morgan fingerprint density at radius 1 is 1.06 bits per heavy atom. The van der Waals surface area contributed by atoms with Crippen LogP contribution < -0.4 is 15.5 Å². The third kappa shape index (κ3) is 6.67. The fourth-order valence-corrected chi connectivity index (χ4v) is 3.41. The number of nitrogens with zero attached hydrogens (tertiary/aromatic N) is 1. The predicted octanol–water partition coefficient (Wildman–Crippen LogP) is 5.33. The Balaban J connectivity index is 1.52. The van der Waals surface area contributed by atoms with Crippen molar-refractivity contribution >= 4 is 51.2 Å². The van der Waals surface area contributed by atoms with Gasteiger partial charge in [-0.25, -0.2) is 5.43 Å². The number of ether oxygens (including phenoxy) is 1. The van der Waals surface area contributed by atoms with Crippen LogP contribution in [0.3, 0.4) is 0 Å². The molecular weight excluding hydrogens is 494 g/mol. The lowest BCUT2D eigenvalue weighted by molar-refractivity contribution is -0.136. The minimum atomic E-state index is -0.862. The molecule has 0 bridgehead atoms. The smallest absolute Gasteiger partial charge is 0.329 e. The number of rotatable bonds is 7. The van der Waals surface area contributed by atoms with E-state index in [1.165, 1.54) is 6.21 Å². The first-order chi connectivity index (χ1) is 15.5. The fraction of sp³-hybridized carbons (Fsp3) is 0.125. The van der Waals surface area contributed by atoms with Crippen molar-refractivity contribution in [2.75, 3.05) is 5.32 Å². The Hall–Kier alpha value is -3.16. The molecule has 8 heteroatoms. The first-order valence-corrected chi connectivity index (χ1v) is 11.0. The van der Waals surface area contributed by atoms with Crippen molar-refractivity contribution in [1.29, 1.82) is 0 Å². The van der Waals surface area contributed by atoms with Crippen molar-refractivity contribution in [3.8, 4) is 5.75 Å². The van der Waals surface area contributed by atoms with Gasteiger partial charge in [0.05, 0.1) is 10.7 Å². The number of anilines is 1. The predicted molar refractivity (Wildman–Crippen MR) is 130 cm³/mol. The van der Waals surface area contributed by atoms with Gasteiger partial charge in [-0.2, -0.15) is 5.10 Å². The molecule has 2 amide bonds. The molecule has 3 rings (SSSR count). The van der Waals surface area contributed by atoms with Crippen molar-refractivity contribution in [2.45, 2.75) is 20.0 Å². The molecule has 0 saturated heterocycles. The van der Waals surface area contributed by atoms with Crippen molar-refractivity contribution in [1.82, 2.24) is 5.43 Å². The lowest BCUT2D eigenvalue weighted by atomic mass is 10.1. The van der Waals surface area contributed by atoms with Gasteiger partial charge in [0.2, 0.25) is 0 Å². The van der Waals surface area contributed by atoms with Crippen LogP contribution in [0.4, 0.5) is 5.69 Å². The molecule has 0 heterocycles. The molecule has 3 aromatic rings. The van der Waals surface area contributed by atoms with Crippen LogP contribution in [0.5, 0.6) is 5.75 Å². The van der Waals surface area contributed by atoms with Crippen molar-refractivity contribution in [2.24, 2.45) is 5.10 Å². The van der Waals surface area contributed by atoms with Crippen LogP contribution in [0.2, 0.25) is 5.02 Å². The molecule has 0 aromatic heterocycles. The van der Waals surface area contributed by atoms with Gasteiger partial charge in [0.1, 0.15) is 12.4 Å². The van der Waals surface area contributed by atoms with E-state index < -0.39 is 11.8 Å². The summed E-state index contributed by atoms with van der Waals surface area (Å²) < 4.78 is 6.52. The second kappa shape index (κ2) is 11.5. The molecule has 0 radical (unpaired) electrons. The maximum atomic E-state index is 12.0. The number of carbonyl (C=O) groups is 2. The third-order valence-electron chi connectivity index (χ3n) is 4.50. The summed E-state index contributed by atoms with van der Waals surface area (Å²) in [5, 5.41) is 7.02. The Kier molecular flexibility index (Phi) is 8.41. The van der Waals surface area contributed by atoms with Crippen LogP contribution in [0.25, 0.3) is 0 Å². The zero-order chi connectivity index (χ0) is 22.9. The van der Waals surface area contributed by atoms with E-state index >= 15 is 0 Å². The van der Waals surface area contributed by atoms with Gasteiger partial charge in [-0.15, -0.1) is 0 Å². The highest BCUT2D eigenvalue weighted by molar-refractivity contribution is 9.10. The van der Waals surface area contributed by atoms with Gasteiger partial charge in [-0.3, -0.25) is 9.59 Å². The number of amides is 2. The summed E-state index contributed by atoms with van der Waals surface area (Å²) in [6.07, 6.45) is 2.33. The van der Waals surface area contributed by atoms with E-state index in [2.05, 4.69) is 31.8 Å². The average Bonchev–Trinajstić information content (AvgIpc) is 2.80. The summed E-state index contributed by atoms with van der Waals surface area (Å²) in [7, 11) is 0. The van der Waals surface area contributed by atoms with Gasteiger partial charge >= 0.3 is 11.8 Å². The summed E-state index contributed by atoms with van der Waals surface area (Å²) in [6, 6.07) is 20.1. The van der Waals surface area contributed by atoms with Gasteiger partial charge in [0.25, 0.3) is 0 Å². The van der Waals surface area contributed by atoms with Crippen LogP contribution in [-0.2, 0) is 22.6 Å². The topological polar surface area (TPSA) is 79.8 Å². The number of hydrogen-bond acceptors (Lipinski definition) is 4. The minimum Gasteiger partial charge on any atom is -0.488 e. The normalized spacial score (nSPS) is 10.7. The van der Waals surface area contributed by atoms with E-state index in [1.807, 2.05) is 43.3 Å². The summed E-state index contributed by atoms with van der Waals surface area (Å²) in [4.78, 5) is 23.9. The van der Waals surface area contributed by atoms with Crippen LogP contribution >= 0.6 is 27.5 Å². The molecule has 164 valence electrons. The molecule has 0 fully saturated rings. The number of nitrogens with one attached hydrogen (secondary N) is 2. The van der Waals surface area contributed by atoms with E-state index in [1.54, 1.807) is 30.3 Å². The SMILES string of the molecule is CCc1ccc(NC(=O)C(=O)N/N=C\c2ccc(OCc3ccccc3Cl)c(Br)c2)cc1. The maximum absolute atomic E-state index is 12.0. The van der Waals surface area contributed by atoms with Gasteiger partial charge in [0.15, 0.2) is 0 Å². The van der Waals surface area contributed by atoms with Crippen LogP contribution in [-0.4, -0.2) is 18.0 Å². The molecule has 0 saturated carbocycles. The highest BCUT2D eigenvalue weighted by atomic mass is 79.9. The van der Waals surface area contributed by atoms with E-state index in [0.29, 0.717) is 33.1 Å². The highest BCUT2D eigenvalue weighted by Gasteiger charge is 2.12. The molecule has 3 aromatic carbocycles. The standard InChI is InChI=1S/C24H21BrClN3O3/c1-2-16-7-10-19(11-8-16)28-23(30)24(31)29-27-14-17-9-12-22(20(25)13-17)32-15-18-5-3-4-6-21(18)26/h3-14H,2,15H2,1H3,(H,28,30)(H,29,31)/b27-14-. The molecule has 32 heavy (non-hydrogen) atoms. The number of halogens is 2. The van der Waals surface area contributed by atoms with E-state index in [-0.39, 0.29) is 0 Å². The zero-order valence-corrected chi connectivity index (χ0v) is 19.6. The largest absolute Gasteiger partial charge is 0.488 e. The Bertz CT molecular complexity index is 1130. The molecule has 0 unspecified atom stereocenters. The molecular formula is C24H21BrClN3O3. The molecule has 2 N–H and O–H groups in total. The quantitative estimate of drug-likeness (QED) is 0.254.